The molecule has 23 heavy (non-hydrogen) atoms. The van der Waals surface area contributed by atoms with E-state index in [0.29, 0.717) is 17.1 Å². The molecule has 1 amide bonds. The van der Waals surface area contributed by atoms with E-state index in [1.807, 2.05) is 38.1 Å². The number of nitrogen functional groups attached to an aromatic ring is 1. The minimum atomic E-state index is -0.106. The summed E-state index contributed by atoms with van der Waals surface area (Å²) in [5.41, 5.74) is 10.1. The molecule has 4 nitrogen and oxygen atoms in total. The fraction of sp³-hybridized carbons (Fsp3) is 0.222. The summed E-state index contributed by atoms with van der Waals surface area (Å²) in [4.78, 5) is 17.2. The molecule has 0 aliphatic heterocycles. The van der Waals surface area contributed by atoms with Crippen molar-refractivity contribution in [2.24, 2.45) is 0 Å². The molecule has 0 radical (unpaired) electrons. The Morgan fingerprint density at radius 3 is 2.74 bits per heavy atom. The average Bonchev–Trinajstić information content (AvgIpc) is 2.85. The van der Waals surface area contributed by atoms with Crippen molar-refractivity contribution in [1.82, 2.24) is 5.32 Å². The number of rotatable bonds is 4. The number of carbonyl (C=O) groups excluding carboxylic acids is 1. The number of aromatic nitrogens is 1. The molecule has 0 spiro atoms. The van der Waals surface area contributed by atoms with Crippen LogP contribution in [0.1, 0.15) is 26.5 Å². The highest BCUT2D eigenvalue weighted by atomic mass is 32.1. The van der Waals surface area contributed by atoms with Gasteiger partial charge in [0.1, 0.15) is 4.88 Å². The van der Waals surface area contributed by atoms with Crippen LogP contribution in [-0.4, -0.2) is 12.5 Å². The van der Waals surface area contributed by atoms with Crippen molar-refractivity contribution in [3.8, 4) is 0 Å². The fourth-order valence-corrected chi connectivity index (χ4v) is 3.92. The van der Waals surface area contributed by atoms with Crippen LogP contribution in [0.15, 0.2) is 36.4 Å². The van der Waals surface area contributed by atoms with Crippen LogP contribution >= 0.6 is 11.3 Å². The summed E-state index contributed by atoms with van der Waals surface area (Å²) in [5.74, 6) is -0.106. The molecule has 3 rings (SSSR count). The zero-order valence-electron chi connectivity index (χ0n) is 13.3. The summed E-state index contributed by atoms with van der Waals surface area (Å²) in [6.07, 6.45) is 0.807. The van der Waals surface area contributed by atoms with Crippen LogP contribution in [0, 0.1) is 13.8 Å². The molecule has 3 aromatic rings. The summed E-state index contributed by atoms with van der Waals surface area (Å²) in [5, 5.41) is 3.91. The van der Waals surface area contributed by atoms with E-state index in [0.717, 1.165) is 27.9 Å². The number of hydrogen-bond acceptors (Lipinski definition) is 3. The molecule has 1 aromatic carbocycles. The number of nitrogens with two attached hydrogens (primary N) is 1. The zero-order chi connectivity index (χ0) is 16.4. The monoisotopic (exact) mass is 326 g/mol. The third kappa shape index (κ3) is 3.19. The van der Waals surface area contributed by atoms with E-state index in [-0.39, 0.29) is 5.91 Å². The molecule has 0 bridgehead atoms. The molecule has 0 aliphatic rings. The van der Waals surface area contributed by atoms with Crippen molar-refractivity contribution >= 4 is 33.1 Å². The molecule has 0 fully saturated rings. The van der Waals surface area contributed by atoms with Gasteiger partial charge in [-0.3, -0.25) is 4.79 Å². The Morgan fingerprint density at radius 2 is 2.00 bits per heavy atom. The summed E-state index contributed by atoms with van der Waals surface area (Å²) < 4.78 is 0. The largest absolute Gasteiger partial charge is 0.397 e. The standard InChI is InChI=1S/C18H19N3OS/c1-11-10-12(2)21-18-14(11)15(19)16(23-18)17(22)20-9-8-13-6-4-3-5-7-13/h3-7,10H,8-9,19H2,1-2H3,(H,20,22)/p+1. The number of hydrogen-bond donors (Lipinski definition) is 2. The third-order valence-corrected chi connectivity index (χ3v) is 4.95. The van der Waals surface area contributed by atoms with Crippen molar-refractivity contribution in [1.29, 1.82) is 0 Å². The molecule has 0 saturated heterocycles. The number of H-pyrrole nitrogens is 1. The molecule has 118 valence electrons. The molecular formula is C18H20N3OS+. The number of nitrogens with one attached hydrogen (secondary N) is 2. The first-order valence-corrected chi connectivity index (χ1v) is 8.41. The first-order valence-electron chi connectivity index (χ1n) is 7.60. The first kappa shape index (κ1) is 15.5. The molecule has 2 aromatic heterocycles. The highest BCUT2D eigenvalue weighted by Crippen LogP contribution is 2.33. The van der Waals surface area contributed by atoms with E-state index in [4.69, 9.17) is 5.73 Å². The Balaban J connectivity index is 1.76. The maximum atomic E-state index is 12.4. The second kappa shape index (κ2) is 6.38. The lowest BCUT2D eigenvalue weighted by molar-refractivity contribution is -0.351. The molecule has 0 unspecified atom stereocenters. The third-order valence-electron chi connectivity index (χ3n) is 3.83. The van der Waals surface area contributed by atoms with Gasteiger partial charge in [0.25, 0.3) is 10.7 Å². The van der Waals surface area contributed by atoms with E-state index < -0.39 is 0 Å². The number of amides is 1. The van der Waals surface area contributed by atoms with Gasteiger partial charge in [0.05, 0.1) is 11.1 Å². The summed E-state index contributed by atoms with van der Waals surface area (Å²) in [6.45, 7) is 4.61. The van der Waals surface area contributed by atoms with Crippen LogP contribution in [0.4, 0.5) is 5.69 Å². The number of aromatic amines is 1. The number of fused-ring (bicyclic) bond motifs is 1. The number of aryl methyl sites for hydroxylation is 2. The predicted octanol–water partition coefficient (Wildman–Crippen LogP) is 2.89. The van der Waals surface area contributed by atoms with Gasteiger partial charge in [-0.15, -0.1) is 0 Å². The second-order valence-corrected chi connectivity index (χ2v) is 6.70. The number of carbonyl (C=O) groups is 1. The van der Waals surface area contributed by atoms with E-state index in [2.05, 4.69) is 22.4 Å². The zero-order valence-corrected chi connectivity index (χ0v) is 14.1. The van der Waals surface area contributed by atoms with Gasteiger partial charge in [-0.2, -0.15) is 4.98 Å². The normalized spacial score (nSPS) is 10.9. The molecule has 0 atom stereocenters. The Morgan fingerprint density at radius 1 is 1.26 bits per heavy atom. The quantitative estimate of drug-likeness (QED) is 0.774. The Bertz CT molecular complexity index is 856. The summed E-state index contributed by atoms with van der Waals surface area (Å²) >= 11 is 1.41. The Labute approximate surface area is 139 Å². The van der Waals surface area contributed by atoms with Crippen LogP contribution in [0.3, 0.4) is 0 Å². The van der Waals surface area contributed by atoms with E-state index in [1.54, 1.807) is 0 Å². The minimum Gasteiger partial charge on any atom is -0.397 e. The van der Waals surface area contributed by atoms with Gasteiger partial charge in [-0.25, -0.2) is 0 Å². The molecule has 0 aliphatic carbocycles. The molecule has 5 heteroatoms. The Hall–Kier alpha value is -2.40. The average molecular weight is 326 g/mol. The van der Waals surface area contributed by atoms with Gasteiger partial charge in [0.15, 0.2) is 5.69 Å². The van der Waals surface area contributed by atoms with Crippen molar-refractivity contribution in [3.05, 3.63) is 58.1 Å². The Kier molecular flexibility index (Phi) is 4.30. The molecule has 4 N–H and O–H groups in total. The maximum absolute atomic E-state index is 12.4. The van der Waals surface area contributed by atoms with E-state index in [1.165, 1.54) is 16.9 Å². The molecule has 2 heterocycles. The predicted molar refractivity (Wildman–Crippen MR) is 94.7 cm³/mol. The number of thiophene rings is 1. The highest BCUT2D eigenvalue weighted by Gasteiger charge is 2.21. The lowest BCUT2D eigenvalue weighted by atomic mass is 10.1. The minimum absolute atomic E-state index is 0.106. The smallest absolute Gasteiger partial charge is 0.270 e. The lowest BCUT2D eigenvalue weighted by Gasteiger charge is -2.04. The van der Waals surface area contributed by atoms with Crippen molar-refractivity contribution in [2.45, 2.75) is 20.3 Å². The van der Waals surface area contributed by atoms with Gasteiger partial charge in [-0.05, 0) is 24.5 Å². The maximum Gasteiger partial charge on any atom is 0.270 e. The van der Waals surface area contributed by atoms with Crippen LogP contribution in [0.25, 0.3) is 10.2 Å². The van der Waals surface area contributed by atoms with Gasteiger partial charge in [0, 0.05) is 19.5 Å². The first-order chi connectivity index (χ1) is 11.1. The number of anilines is 1. The van der Waals surface area contributed by atoms with E-state index in [9.17, 15) is 4.79 Å². The van der Waals surface area contributed by atoms with Gasteiger partial charge in [-0.1, -0.05) is 41.7 Å². The molecule has 0 saturated carbocycles. The molecular weight excluding hydrogens is 306 g/mol. The van der Waals surface area contributed by atoms with Crippen LogP contribution < -0.4 is 16.0 Å². The highest BCUT2D eigenvalue weighted by molar-refractivity contribution is 7.20. The van der Waals surface area contributed by atoms with Crippen LogP contribution in [-0.2, 0) is 6.42 Å². The SMILES string of the molecule is Cc1cc(C)c2c(N)c(C(=O)NCCc3ccccc3)sc2[nH+]1. The van der Waals surface area contributed by atoms with Crippen LogP contribution in [0.2, 0.25) is 0 Å². The summed E-state index contributed by atoms with van der Waals surface area (Å²) in [6, 6.07) is 12.1. The van der Waals surface area contributed by atoms with Crippen molar-refractivity contribution in [3.63, 3.8) is 0 Å². The lowest BCUT2D eigenvalue weighted by Crippen LogP contribution is -2.25. The topological polar surface area (TPSA) is 69.3 Å². The van der Waals surface area contributed by atoms with E-state index >= 15 is 0 Å². The van der Waals surface area contributed by atoms with Crippen molar-refractivity contribution in [2.75, 3.05) is 12.3 Å². The van der Waals surface area contributed by atoms with Crippen molar-refractivity contribution < 1.29 is 9.78 Å². The van der Waals surface area contributed by atoms with Crippen LogP contribution in [0.5, 0.6) is 0 Å². The van der Waals surface area contributed by atoms with Gasteiger partial charge in [0.2, 0.25) is 0 Å². The second-order valence-electron chi connectivity index (χ2n) is 5.68. The number of pyridine rings is 1. The van der Waals surface area contributed by atoms with Gasteiger partial charge >= 0.3 is 0 Å². The summed E-state index contributed by atoms with van der Waals surface area (Å²) in [7, 11) is 0. The fourth-order valence-electron chi connectivity index (χ4n) is 2.75. The van der Waals surface area contributed by atoms with Gasteiger partial charge < -0.3 is 11.1 Å². The number of benzene rings is 1.